The maximum absolute atomic E-state index is 14.8. The van der Waals surface area contributed by atoms with Gasteiger partial charge in [-0.1, -0.05) is 6.92 Å². The number of fused-ring (bicyclic) bond motifs is 1. The molecule has 0 saturated heterocycles. The molecule has 0 radical (unpaired) electrons. The van der Waals surface area contributed by atoms with Gasteiger partial charge in [-0.25, -0.2) is 14.4 Å². The smallest absolute Gasteiger partial charge is 0.387 e. The molecule has 0 bridgehead atoms. The van der Waals surface area contributed by atoms with Crippen molar-refractivity contribution in [1.82, 2.24) is 30.3 Å². The van der Waals surface area contributed by atoms with Crippen molar-refractivity contribution in [1.29, 1.82) is 5.41 Å². The molecule has 1 atom stereocenters. The third-order valence-corrected chi connectivity index (χ3v) is 7.01. The van der Waals surface area contributed by atoms with Gasteiger partial charge in [-0.2, -0.15) is 13.2 Å². The maximum Gasteiger partial charge on any atom is 0.387 e. The quantitative estimate of drug-likeness (QED) is 0.0435. The predicted octanol–water partition coefficient (Wildman–Crippen LogP) is 3.02. The van der Waals surface area contributed by atoms with Gasteiger partial charge in [0.25, 0.3) is 5.91 Å². The first kappa shape index (κ1) is 34.4. The van der Waals surface area contributed by atoms with Gasteiger partial charge in [0.15, 0.2) is 29.0 Å². The highest BCUT2D eigenvalue weighted by Gasteiger charge is 2.21. The zero-order chi connectivity index (χ0) is 34.1. The zero-order valence-electron chi connectivity index (χ0n) is 25.2. The minimum atomic E-state index is -3.31. The Morgan fingerprint density at radius 3 is 2.53 bits per heavy atom. The zero-order valence-corrected chi connectivity index (χ0v) is 25.2. The molecular weight excluding hydrogens is 624 g/mol. The molecule has 0 unspecified atom stereocenters. The number of nitrogens with two attached hydrogens (primary N) is 2. The maximum atomic E-state index is 14.8. The summed E-state index contributed by atoms with van der Waals surface area (Å²) in [4.78, 5) is 33.7. The molecule has 2 aromatic heterocycles. The molecule has 0 fully saturated rings. The van der Waals surface area contributed by atoms with Gasteiger partial charge < -0.3 is 37.5 Å². The van der Waals surface area contributed by atoms with Gasteiger partial charge in [-0.15, -0.1) is 0 Å². The van der Waals surface area contributed by atoms with Crippen LogP contribution in [-0.4, -0.2) is 64.4 Å². The van der Waals surface area contributed by atoms with E-state index in [0.717, 1.165) is 17.7 Å². The first-order valence-electron chi connectivity index (χ1n) is 14.5. The van der Waals surface area contributed by atoms with Crippen LogP contribution in [0, 0.1) is 17.0 Å². The Balaban J connectivity index is 1.39. The Labute approximate surface area is 266 Å². The van der Waals surface area contributed by atoms with Gasteiger partial charge in [0.1, 0.15) is 0 Å². The van der Waals surface area contributed by atoms with Crippen LogP contribution >= 0.6 is 0 Å². The molecule has 0 saturated carbocycles. The molecule has 2 amide bonds. The number of aromatic nitrogens is 3. The number of amides is 2. The van der Waals surface area contributed by atoms with E-state index in [1.54, 1.807) is 18.2 Å². The van der Waals surface area contributed by atoms with E-state index in [9.17, 15) is 27.2 Å². The second kappa shape index (κ2) is 15.7. The summed E-state index contributed by atoms with van der Waals surface area (Å²) in [6.07, 6.45) is 5.68. The average Bonchev–Trinajstić information content (AvgIpc) is 3.48. The number of ether oxygens (including phenoxy) is 1. The van der Waals surface area contributed by atoms with Gasteiger partial charge in [-0.05, 0) is 55.2 Å². The largest absolute Gasteiger partial charge is 0.432 e. The predicted molar refractivity (Wildman–Crippen MR) is 167 cm³/mol. The lowest BCUT2D eigenvalue weighted by Crippen LogP contribution is -2.44. The summed E-state index contributed by atoms with van der Waals surface area (Å²) in [7, 11) is 0. The van der Waals surface area contributed by atoms with E-state index in [1.165, 1.54) is 23.0 Å². The third-order valence-electron chi connectivity index (χ3n) is 7.01. The number of carbonyl (C=O) groups excluding carboxylic acids is 2. The SMILES string of the molecule is CCc1cc(Nc2nccn3c(-c4ccc(OC(F)F)c(F)c4F)cnc23)ccc1C(=O)NCCNC(=O)[C@H](N)CCCNC(=N)N. The number of hydrogen-bond donors (Lipinski definition) is 7. The fourth-order valence-electron chi connectivity index (χ4n) is 4.71. The molecule has 47 heavy (non-hydrogen) atoms. The lowest BCUT2D eigenvalue weighted by atomic mass is 10.0. The van der Waals surface area contributed by atoms with Gasteiger partial charge in [0.2, 0.25) is 11.7 Å². The average molecular weight is 659 g/mol. The van der Waals surface area contributed by atoms with Crippen molar-refractivity contribution in [3.8, 4) is 17.0 Å². The summed E-state index contributed by atoms with van der Waals surface area (Å²) in [5.41, 5.74) is 13.0. The van der Waals surface area contributed by atoms with Crippen molar-refractivity contribution < 1.29 is 31.9 Å². The molecule has 0 aliphatic rings. The van der Waals surface area contributed by atoms with Crippen LogP contribution in [0.2, 0.25) is 0 Å². The standard InChI is InChI=1S/C30H34F4N10O3/c1-2-16-14-17(5-6-18(16)27(45)39-10-11-40-28(46)20(35)4-3-9-41-30(36)37)43-25-26-42-15-21(44(26)13-12-38-25)19-7-8-22(47-29(33)34)24(32)23(19)31/h5-8,12-15,20,29H,2-4,9-11,35H2,1H3,(H,38,43)(H,39,45)(H,40,46)(H4,36,37,41)/t20-/m1/s1. The minimum Gasteiger partial charge on any atom is -0.432 e. The van der Waals surface area contributed by atoms with Gasteiger partial charge in [-0.3, -0.25) is 19.4 Å². The molecule has 0 aliphatic heterocycles. The fourth-order valence-corrected chi connectivity index (χ4v) is 4.71. The first-order chi connectivity index (χ1) is 22.5. The van der Waals surface area contributed by atoms with E-state index in [4.69, 9.17) is 16.9 Å². The summed E-state index contributed by atoms with van der Waals surface area (Å²) >= 11 is 0. The second-order valence-corrected chi connectivity index (χ2v) is 10.2. The number of alkyl halides is 2. The van der Waals surface area contributed by atoms with Crippen LogP contribution in [0.25, 0.3) is 16.9 Å². The van der Waals surface area contributed by atoms with E-state index < -0.39 is 30.0 Å². The molecule has 4 rings (SSSR count). The van der Waals surface area contributed by atoms with E-state index in [-0.39, 0.29) is 53.6 Å². The molecule has 9 N–H and O–H groups in total. The van der Waals surface area contributed by atoms with Crippen LogP contribution in [-0.2, 0) is 11.2 Å². The lowest BCUT2D eigenvalue weighted by molar-refractivity contribution is -0.122. The molecule has 17 heteroatoms. The van der Waals surface area contributed by atoms with Crippen LogP contribution in [0.1, 0.15) is 35.7 Å². The van der Waals surface area contributed by atoms with Crippen molar-refractivity contribution in [2.45, 2.75) is 38.8 Å². The van der Waals surface area contributed by atoms with Crippen LogP contribution in [0.4, 0.5) is 29.1 Å². The Kier molecular flexibility index (Phi) is 11.5. The number of hydrogen-bond acceptors (Lipinski definition) is 8. The highest BCUT2D eigenvalue weighted by atomic mass is 19.3. The molecule has 2 aromatic carbocycles. The number of guanidine groups is 1. The number of nitrogens with zero attached hydrogens (tertiary/aromatic N) is 3. The van der Waals surface area contributed by atoms with E-state index in [1.807, 2.05) is 6.92 Å². The van der Waals surface area contributed by atoms with Gasteiger partial charge in [0.05, 0.1) is 17.9 Å². The Morgan fingerprint density at radius 1 is 1.04 bits per heavy atom. The van der Waals surface area contributed by atoms with Gasteiger partial charge >= 0.3 is 6.61 Å². The molecule has 0 spiro atoms. The van der Waals surface area contributed by atoms with Crippen LogP contribution in [0.15, 0.2) is 48.9 Å². The van der Waals surface area contributed by atoms with E-state index in [0.29, 0.717) is 37.1 Å². The summed E-state index contributed by atoms with van der Waals surface area (Å²) in [6.45, 7) is -0.648. The van der Waals surface area contributed by atoms with Gasteiger partial charge in [0, 0.05) is 48.8 Å². The Bertz CT molecular complexity index is 1750. The number of carbonyl (C=O) groups is 2. The highest BCUT2D eigenvalue weighted by Crippen LogP contribution is 2.32. The molecule has 13 nitrogen and oxygen atoms in total. The number of benzene rings is 2. The number of aryl methyl sites for hydroxylation is 1. The first-order valence-corrected chi connectivity index (χ1v) is 14.5. The molecule has 0 aliphatic carbocycles. The molecule has 2 heterocycles. The summed E-state index contributed by atoms with van der Waals surface area (Å²) < 4.78 is 59.8. The van der Waals surface area contributed by atoms with E-state index >= 15 is 0 Å². The summed E-state index contributed by atoms with van der Waals surface area (Å²) in [5, 5.41) is 18.3. The number of imidazole rings is 1. The van der Waals surface area contributed by atoms with Crippen molar-refractivity contribution in [3.05, 3.63) is 71.7 Å². The third kappa shape index (κ3) is 8.63. The van der Waals surface area contributed by atoms with E-state index in [2.05, 4.69) is 36.0 Å². The number of anilines is 2. The molecular formula is C30H34F4N10O3. The van der Waals surface area contributed by atoms with Crippen LogP contribution in [0.3, 0.4) is 0 Å². The fraction of sp³-hybridized carbons (Fsp3) is 0.300. The summed E-state index contributed by atoms with van der Waals surface area (Å²) in [6, 6.07) is 6.37. The van der Waals surface area contributed by atoms with Crippen molar-refractivity contribution in [3.63, 3.8) is 0 Å². The number of nitrogens with one attached hydrogen (secondary N) is 5. The molecule has 250 valence electrons. The molecule has 4 aromatic rings. The topological polar surface area (TPSA) is 198 Å². The normalized spacial score (nSPS) is 11.7. The number of rotatable bonds is 15. The van der Waals surface area contributed by atoms with Crippen molar-refractivity contribution in [2.24, 2.45) is 11.5 Å². The second-order valence-electron chi connectivity index (χ2n) is 10.2. The number of halogens is 4. The Morgan fingerprint density at radius 2 is 1.81 bits per heavy atom. The van der Waals surface area contributed by atoms with Crippen LogP contribution < -0.4 is 37.5 Å². The van der Waals surface area contributed by atoms with Crippen molar-refractivity contribution in [2.75, 3.05) is 25.0 Å². The monoisotopic (exact) mass is 658 g/mol. The Hall–Kier alpha value is -5.45. The van der Waals surface area contributed by atoms with Crippen LogP contribution in [0.5, 0.6) is 5.75 Å². The lowest BCUT2D eigenvalue weighted by Gasteiger charge is -2.14. The minimum absolute atomic E-state index is 0.145. The highest BCUT2D eigenvalue weighted by molar-refractivity contribution is 5.96. The summed E-state index contributed by atoms with van der Waals surface area (Å²) in [5.74, 6) is -4.40. The van der Waals surface area contributed by atoms with Crippen molar-refractivity contribution >= 4 is 34.9 Å².